The topological polar surface area (TPSA) is 69.8 Å². The quantitative estimate of drug-likeness (QED) is 0.458. The normalized spacial score (nSPS) is 14.1. The summed E-state index contributed by atoms with van der Waals surface area (Å²) >= 11 is 5.80. The van der Waals surface area contributed by atoms with Gasteiger partial charge in [0, 0.05) is 37.4 Å². The Balaban J connectivity index is 1.52. The molecule has 186 valence electrons. The number of fused-ring (bicyclic) bond motifs is 1. The number of hydrogen-bond donors (Lipinski definition) is 2. The van der Waals surface area contributed by atoms with Crippen LogP contribution >= 0.6 is 12.2 Å². The second-order valence-electron chi connectivity index (χ2n) is 8.98. The van der Waals surface area contributed by atoms with E-state index in [2.05, 4.69) is 39.2 Å². The molecule has 0 saturated carbocycles. The van der Waals surface area contributed by atoms with Gasteiger partial charge in [0.15, 0.2) is 5.11 Å². The molecule has 2 N–H and O–H groups in total. The van der Waals surface area contributed by atoms with Gasteiger partial charge in [0.05, 0.1) is 32.4 Å². The van der Waals surface area contributed by atoms with Crippen molar-refractivity contribution in [1.82, 2.24) is 14.8 Å². The summed E-state index contributed by atoms with van der Waals surface area (Å²) in [5.41, 5.74) is 4.67. The molecule has 7 nitrogen and oxygen atoms in total. The molecule has 2 heterocycles. The van der Waals surface area contributed by atoms with Crippen LogP contribution in [0.25, 0.3) is 10.9 Å². The molecular weight excluding hydrogens is 460 g/mol. The number of H-pyrrole nitrogens is 1. The van der Waals surface area contributed by atoms with Crippen molar-refractivity contribution < 1.29 is 9.47 Å². The lowest BCUT2D eigenvalue weighted by molar-refractivity contribution is 0.0367. The molecule has 2 aromatic carbocycles. The highest BCUT2D eigenvalue weighted by atomic mass is 32.1. The summed E-state index contributed by atoms with van der Waals surface area (Å²) in [7, 11) is 1.65. The zero-order valence-electron chi connectivity index (χ0n) is 20.7. The highest BCUT2D eigenvalue weighted by molar-refractivity contribution is 7.80. The van der Waals surface area contributed by atoms with E-state index in [0.29, 0.717) is 17.2 Å². The molecule has 4 rings (SSSR count). The molecule has 1 aliphatic rings. The van der Waals surface area contributed by atoms with Crippen molar-refractivity contribution in [2.75, 3.05) is 51.8 Å². The largest absolute Gasteiger partial charge is 0.497 e. The predicted octanol–water partition coefficient (Wildman–Crippen LogP) is 4.07. The standard InChI is InChI=1S/C27H34N4O3S/c1-19-5-6-21-17-22(26(32)29-25(21)20(19)2)18-31(12-4-11-30-13-15-34-16-14-30)27(35)28-23-7-9-24(33-3)10-8-23/h5-10,17H,4,11-16,18H2,1-3H3,(H,28,35)(H,29,32). The zero-order chi connectivity index (χ0) is 24.8. The highest BCUT2D eigenvalue weighted by Gasteiger charge is 2.16. The van der Waals surface area contributed by atoms with Crippen LogP contribution in [0.15, 0.2) is 47.3 Å². The third-order valence-electron chi connectivity index (χ3n) is 6.62. The van der Waals surface area contributed by atoms with E-state index in [1.54, 1.807) is 7.11 Å². The fraction of sp³-hybridized carbons (Fsp3) is 0.407. The van der Waals surface area contributed by atoms with Crippen LogP contribution in [0.5, 0.6) is 5.75 Å². The van der Waals surface area contributed by atoms with Gasteiger partial charge in [-0.3, -0.25) is 9.69 Å². The van der Waals surface area contributed by atoms with E-state index in [9.17, 15) is 4.79 Å². The Hall–Kier alpha value is -2.94. The van der Waals surface area contributed by atoms with Crippen molar-refractivity contribution in [2.24, 2.45) is 0 Å². The second kappa shape index (κ2) is 11.7. The minimum atomic E-state index is -0.0726. The smallest absolute Gasteiger partial charge is 0.253 e. The first kappa shape index (κ1) is 25.2. The van der Waals surface area contributed by atoms with Crippen molar-refractivity contribution >= 4 is 33.9 Å². The highest BCUT2D eigenvalue weighted by Crippen LogP contribution is 2.20. The van der Waals surface area contributed by atoms with Crippen molar-refractivity contribution in [2.45, 2.75) is 26.8 Å². The fourth-order valence-electron chi connectivity index (χ4n) is 4.33. The van der Waals surface area contributed by atoms with Gasteiger partial charge in [0.25, 0.3) is 5.56 Å². The molecule has 0 bridgehead atoms. The Morgan fingerprint density at radius 3 is 2.63 bits per heavy atom. The lowest BCUT2D eigenvalue weighted by Gasteiger charge is -2.29. The minimum absolute atomic E-state index is 0.0726. The van der Waals surface area contributed by atoms with Crippen LogP contribution in [0.2, 0.25) is 0 Å². The van der Waals surface area contributed by atoms with Gasteiger partial charge in [-0.1, -0.05) is 12.1 Å². The van der Waals surface area contributed by atoms with E-state index in [1.807, 2.05) is 37.3 Å². The lowest BCUT2D eigenvalue weighted by atomic mass is 10.0. The summed E-state index contributed by atoms with van der Waals surface area (Å²) in [6, 6.07) is 13.8. The van der Waals surface area contributed by atoms with E-state index in [-0.39, 0.29) is 5.56 Å². The third-order valence-corrected chi connectivity index (χ3v) is 6.98. The first-order valence-corrected chi connectivity index (χ1v) is 12.5. The number of anilines is 1. The molecule has 3 aromatic rings. The van der Waals surface area contributed by atoms with Crippen molar-refractivity contribution in [3.8, 4) is 5.75 Å². The average Bonchev–Trinajstić information content (AvgIpc) is 2.87. The number of ether oxygens (including phenoxy) is 2. The Morgan fingerprint density at radius 2 is 1.91 bits per heavy atom. The molecule has 0 aliphatic carbocycles. The van der Waals surface area contributed by atoms with Crippen molar-refractivity contribution in [3.05, 3.63) is 69.5 Å². The summed E-state index contributed by atoms with van der Waals surface area (Å²) in [5.74, 6) is 0.789. The van der Waals surface area contributed by atoms with Crippen LogP contribution in [0.1, 0.15) is 23.1 Å². The van der Waals surface area contributed by atoms with Crippen LogP contribution in [0, 0.1) is 13.8 Å². The Morgan fingerprint density at radius 1 is 1.17 bits per heavy atom. The number of nitrogens with zero attached hydrogens (tertiary/aromatic N) is 2. The minimum Gasteiger partial charge on any atom is -0.497 e. The first-order chi connectivity index (χ1) is 16.9. The molecule has 0 amide bonds. The molecule has 1 saturated heterocycles. The number of nitrogens with one attached hydrogen (secondary N) is 2. The molecular formula is C27H34N4O3S. The number of pyridine rings is 1. The zero-order valence-corrected chi connectivity index (χ0v) is 21.5. The molecule has 0 unspecified atom stereocenters. The van der Waals surface area contributed by atoms with Gasteiger partial charge in [-0.2, -0.15) is 0 Å². The van der Waals surface area contributed by atoms with E-state index in [4.69, 9.17) is 21.7 Å². The van der Waals surface area contributed by atoms with Gasteiger partial charge in [-0.25, -0.2) is 0 Å². The average molecular weight is 495 g/mol. The summed E-state index contributed by atoms with van der Waals surface area (Å²) in [5, 5.41) is 4.96. The van der Waals surface area contributed by atoms with Crippen LogP contribution < -0.4 is 15.6 Å². The molecule has 8 heteroatoms. The summed E-state index contributed by atoms with van der Waals surface area (Å²) in [6.07, 6.45) is 0.939. The third kappa shape index (κ3) is 6.39. The monoisotopic (exact) mass is 494 g/mol. The fourth-order valence-corrected chi connectivity index (χ4v) is 4.61. The van der Waals surface area contributed by atoms with Gasteiger partial charge in [0.1, 0.15) is 5.75 Å². The van der Waals surface area contributed by atoms with Crippen LogP contribution in [-0.4, -0.2) is 66.4 Å². The van der Waals surface area contributed by atoms with E-state index in [0.717, 1.165) is 79.3 Å². The number of aryl methyl sites for hydroxylation is 2. The van der Waals surface area contributed by atoms with Crippen molar-refractivity contribution in [1.29, 1.82) is 0 Å². The van der Waals surface area contributed by atoms with Gasteiger partial charge in [-0.05, 0) is 79.3 Å². The number of methoxy groups -OCH3 is 1. The number of morpholine rings is 1. The van der Waals surface area contributed by atoms with E-state index >= 15 is 0 Å². The maximum absolute atomic E-state index is 13.0. The van der Waals surface area contributed by atoms with Gasteiger partial charge < -0.3 is 24.7 Å². The molecule has 1 fully saturated rings. The van der Waals surface area contributed by atoms with Crippen molar-refractivity contribution in [3.63, 3.8) is 0 Å². The summed E-state index contributed by atoms with van der Waals surface area (Å²) in [4.78, 5) is 20.6. The molecule has 0 atom stereocenters. The number of aromatic nitrogens is 1. The van der Waals surface area contributed by atoms with Crippen LogP contribution in [0.3, 0.4) is 0 Å². The molecule has 1 aromatic heterocycles. The van der Waals surface area contributed by atoms with E-state index < -0.39 is 0 Å². The Labute approximate surface area is 212 Å². The number of thiocarbonyl (C=S) groups is 1. The van der Waals surface area contributed by atoms with Gasteiger partial charge >= 0.3 is 0 Å². The number of benzene rings is 2. The SMILES string of the molecule is COc1ccc(NC(=S)N(CCCN2CCOCC2)Cc2cc3ccc(C)c(C)c3[nH]c2=O)cc1. The van der Waals surface area contributed by atoms with E-state index in [1.165, 1.54) is 0 Å². The lowest BCUT2D eigenvalue weighted by Crippen LogP contribution is -2.40. The molecule has 0 radical (unpaired) electrons. The second-order valence-corrected chi connectivity index (χ2v) is 9.37. The molecule has 0 spiro atoms. The summed E-state index contributed by atoms with van der Waals surface area (Å²) in [6.45, 7) is 9.72. The summed E-state index contributed by atoms with van der Waals surface area (Å²) < 4.78 is 10.7. The molecule has 1 aliphatic heterocycles. The Bertz CT molecular complexity index is 1220. The van der Waals surface area contributed by atoms with Gasteiger partial charge in [-0.15, -0.1) is 0 Å². The predicted molar refractivity (Wildman–Crippen MR) is 146 cm³/mol. The number of hydrogen-bond acceptors (Lipinski definition) is 5. The molecule has 35 heavy (non-hydrogen) atoms. The first-order valence-electron chi connectivity index (χ1n) is 12.1. The maximum Gasteiger partial charge on any atom is 0.253 e. The van der Waals surface area contributed by atoms with Crippen LogP contribution in [-0.2, 0) is 11.3 Å². The maximum atomic E-state index is 13.0. The van der Waals surface area contributed by atoms with Gasteiger partial charge in [0.2, 0.25) is 0 Å². The number of aromatic amines is 1. The Kier molecular flexibility index (Phi) is 8.38. The van der Waals surface area contributed by atoms with Crippen LogP contribution in [0.4, 0.5) is 5.69 Å². The number of rotatable bonds is 8.